The van der Waals surface area contributed by atoms with Crippen molar-refractivity contribution in [2.24, 2.45) is 0 Å². The molecule has 0 bridgehead atoms. The number of pyridine rings is 1. The molecule has 2 aromatic heterocycles. The standard InChI is InChI=1S/C11H9NS/c1-7-5-9-8-3-2-4-12-10(8)6-11(9)13-7/h2-5H,6H2,1H3. The number of aromatic nitrogens is 1. The van der Waals surface area contributed by atoms with Crippen molar-refractivity contribution < 1.29 is 0 Å². The summed E-state index contributed by atoms with van der Waals surface area (Å²) in [7, 11) is 0. The van der Waals surface area contributed by atoms with Gasteiger partial charge in [0.25, 0.3) is 0 Å². The molecule has 1 aliphatic rings. The molecule has 13 heavy (non-hydrogen) atoms. The van der Waals surface area contributed by atoms with Gasteiger partial charge in [0.15, 0.2) is 0 Å². The van der Waals surface area contributed by atoms with Crippen molar-refractivity contribution in [2.75, 3.05) is 0 Å². The molecule has 0 spiro atoms. The highest BCUT2D eigenvalue weighted by molar-refractivity contribution is 7.12. The van der Waals surface area contributed by atoms with Crippen LogP contribution < -0.4 is 0 Å². The number of rotatable bonds is 0. The van der Waals surface area contributed by atoms with Crippen LogP contribution in [0.2, 0.25) is 0 Å². The van der Waals surface area contributed by atoms with Crippen molar-refractivity contribution in [1.82, 2.24) is 4.98 Å². The van der Waals surface area contributed by atoms with Gasteiger partial charge in [0.05, 0.1) is 5.69 Å². The molecule has 2 heterocycles. The number of nitrogens with zero attached hydrogens (tertiary/aromatic N) is 1. The van der Waals surface area contributed by atoms with E-state index in [4.69, 9.17) is 0 Å². The summed E-state index contributed by atoms with van der Waals surface area (Å²) in [6.45, 7) is 2.17. The van der Waals surface area contributed by atoms with Crippen molar-refractivity contribution in [3.05, 3.63) is 39.8 Å². The molecule has 0 aromatic carbocycles. The average Bonchev–Trinajstić information content (AvgIpc) is 2.60. The maximum absolute atomic E-state index is 4.38. The highest BCUT2D eigenvalue weighted by Gasteiger charge is 2.20. The summed E-state index contributed by atoms with van der Waals surface area (Å²) in [5, 5.41) is 0. The first-order chi connectivity index (χ1) is 6.34. The second-order valence-corrected chi connectivity index (χ2v) is 4.71. The van der Waals surface area contributed by atoms with Gasteiger partial charge in [-0.1, -0.05) is 6.07 Å². The van der Waals surface area contributed by atoms with E-state index in [0.29, 0.717) is 0 Å². The van der Waals surface area contributed by atoms with E-state index >= 15 is 0 Å². The van der Waals surface area contributed by atoms with E-state index < -0.39 is 0 Å². The monoisotopic (exact) mass is 187 g/mol. The van der Waals surface area contributed by atoms with Crippen LogP contribution in [0, 0.1) is 6.92 Å². The van der Waals surface area contributed by atoms with Crippen molar-refractivity contribution in [2.45, 2.75) is 13.3 Å². The zero-order valence-corrected chi connectivity index (χ0v) is 8.19. The van der Waals surface area contributed by atoms with Crippen LogP contribution in [0.3, 0.4) is 0 Å². The Kier molecular flexibility index (Phi) is 1.35. The van der Waals surface area contributed by atoms with Gasteiger partial charge in [-0.05, 0) is 24.6 Å². The number of fused-ring (bicyclic) bond motifs is 3. The predicted molar refractivity (Wildman–Crippen MR) is 55.1 cm³/mol. The molecule has 0 aliphatic heterocycles. The van der Waals surface area contributed by atoms with E-state index in [9.17, 15) is 0 Å². The fourth-order valence-electron chi connectivity index (χ4n) is 1.90. The van der Waals surface area contributed by atoms with Crippen molar-refractivity contribution in [1.29, 1.82) is 0 Å². The van der Waals surface area contributed by atoms with Gasteiger partial charge in [-0.2, -0.15) is 0 Å². The first-order valence-corrected chi connectivity index (χ1v) is 5.20. The molecular weight excluding hydrogens is 178 g/mol. The molecule has 64 valence electrons. The lowest BCUT2D eigenvalue weighted by Crippen LogP contribution is -1.83. The molecule has 0 saturated carbocycles. The van der Waals surface area contributed by atoms with Crippen LogP contribution in [-0.2, 0) is 6.42 Å². The fourth-order valence-corrected chi connectivity index (χ4v) is 2.95. The van der Waals surface area contributed by atoms with Gasteiger partial charge in [-0.15, -0.1) is 11.3 Å². The minimum Gasteiger partial charge on any atom is -0.260 e. The van der Waals surface area contributed by atoms with E-state index in [1.54, 1.807) is 0 Å². The number of thiophene rings is 1. The van der Waals surface area contributed by atoms with Crippen LogP contribution in [0.25, 0.3) is 11.1 Å². The minimum absolute atomic E-state index is 1.03. The highest BCUT2D eigenvalue weighted by Crippen LogP contribution is 2.40. The molecule has 0 radical (unpaired) electrons. The van der Waals surface area contributed by atoms with Crippen LogP contribution in [0.1, 0.15) is 15.4 Å². The summed E-state index contributed by atoms with van der Waals surface area (Å²) in [5.41, 5.74) is 3.98. The Morgan fingerprint density at radius 1 is 1.38 bits per heavy atom. The number of hydrogen-bond acceptors (Lipinski definition) is 2. The maximum atomic E-state index is 4.38. The number of aryl methyl sites for hydroxylation is 1. The van der Waals surface area contributed by atoms with Gasteiger partial charge in [0.2, 0.25) is 0 Å². The quantitative estimate of drug-likeness (QED) is 0.527. The molecule has 0 saturated heterocycles. The van der Waals surface area contributed by atoms with Gasteiger partial charge in [-0.25, -0.2) is 0 Å². The van der Waals surface area contributed by atoms with Crippen LogP contribution in [0.4, 0.5) is 0 Å². The van der Waals surface area contributed by atoms with E-state index in [2.05, 4.69) is 24.0 Å². The summed E-state index contributed by atoms with van der Waals surface area (Å²) in [6, 6.07) is 6.45. The SMILES string of the molecule is Cc1cc2c(s1)Cc1ncccc1-2. The van der Waals surface area contributed by atoms with Crippen LogP contribution in [0.5, 0.6) is 0 Å². The third-order valence-electron chi connectivity index (χ3n) is 2.44. The predicted octanol–water partition coefficient (Wildman–Crippen LogP) is 3.02. The smallest absolute Gasteiger partial charge is 0.0534 e. The van der Waals surface area contributed by atoms with E-state index in [0.717, 1.165) is 6.42 Å². The van der Waals surface area contributed by atoms with Gasteiger partial charge >= 0.3 is 0 Å². The second-order valence-electron chi connectivity index (χ2n) is 3.37. The summed E-state index contributed by atoms with van der Waals surface area (Å²) < 4.78 is 0. The lowest BCUT2D eigenvalue weighted by molar-refractivity contribution is 1.14. The summed E-state index contributed by atoms with van der Waals surface area (Å²) in [4.78, 5) is 7.26. The maximum Gasteiger partial charge on any atom is 0.0534 e. The molecule has 3 rings (SSSR count). The molecule has 1 aliphatic carbocycles. The Labute approximate surface area is 81.1 Å². The van der Waals surface area contributed by atoms with Crippen molar-refractivity contribution in [3.63, 3.8) is 0 Å². The van der Waals surface area contributed by atoms with Crippen molar-refractivity contribution >= 4 is 11.3 Å². The first-order valence-electron chi connectivity index (χ1n) is 4.38. The Morgan fingerprint density at radius 2 is 2.31 bits per heavy atom. The molecule has 1 nitrogen and oxygen atoms in total. The lowest BCUT2D eigenvalue weighted by Gasteiger charge is -1.95. The molecule has 0 unspecified atom stereocenters. The Balaban J connectivity index is 2.30. The normalized spacial score (nSPS) is 12.7. The molecule has 2 heteroatoms. The first kappa shape index (κ1) is 7.27. The molecule has 0 amide bonds. The number of hydrogen-bond donors (Lipinski definition) is 0. The van der Waals surface area contributed by atoms with Crippen LogP contribution >= 0.6 is 11.3 Å². The topological polar surface area (TPSA) is 12.9 Å². The van der Waals surface area contributed by atoms with Gasteiger partial charge in [0.1, 0.15) is 0 Å². The molecule has 2 aromatic rings. The zero-order chi connectivity index (χ0) is 8.84. The minimum atomic E-state index is 1.03. The zero-order valence-electron chi connectivity index (χ0n) is 7.37. The van der Waals surface area contributed by atoms with Crippen LogP contribution in [-0.4, -0.2) is 4.98 Å². The average molecular weight is 187 g/mol. The van der Waals surface area contributed by atoms with E-state index in [1.807, 2.05) is 23.6 Å². The third kappa shape index (κ3) is 0.954. The lowest BCUT2D eigenvalue weighted by atomic mass is 10.1. The second kappa shape index (κ2) is 2.42. The Hall–Kier alpha value is -1.15. The summed E-state index contributed by atoms with van der Waals surface area (Å²) in [6.07, 6.45) is 2.91. The van der Waals surface area contributed by atoms with Crippen molar-refractivity contribution in [3.8, 4) is 11.1 Å². The molecular formula is C11H9NS. The van der Waals surface area contributed by atoms with Crippen LogP contribution in [0.15, 0.2) is 24.4 Å². The Morgan fingerprint density at radius 3 is 3.23 bits per heavy atom. The van der Waals surface area contributed by atoms with Gasteiger partial charge < -0.3 is 0 Å². The Bertz CT molecular complexity index is 471. The van der Waals surface area contributed by atoms with E-state index in [-0.39, 0.29) is 0 Å². The summed E-state index contributed by atoms with van der Waals surface area (Å²) >= 11 is 1.89. The molecule has 0 N–H and O–H groups in total. The molecule has 0 fully saturated rings. The summed E-state index contributed by atoms with van der Waals surface area (Å²) in [5.74, 6) is 0. The molecule has 0 atom stereocenters. The largest absolute Gasteiger partial charge is 0.260 e. The fraction of sp³-hybridized carbons (Fsp3) is 0.182. The van der Waals surface area contributed by atoms with E-state index in [1.165, 1.54) is 26.6 Å². The van der Waals surface area contributed by atoms with Gasteiger partial charge in [-0.3, -0.25) is 4.98 Å². The third-order valence-corrected chi connectivity index (χ3v) is 3.49. The highest BCUT2D eigenvalue weighted by atomic mass is 32.1. The van der Waals surface area contributed by atoms with Gasteiger partial charge in [0, 0.05) is 27.9 Å².